The molecule has 0 aliphatic rings. The van der Waals surface area contributed by atoms with Gasteiger partial charge in [0.1, 0.15) is 0 Å². The number of hydrogen-bond acceptors (Lipinski definition) is 3. The molecule has 0 bridgehead atoms. The van der Waals surface area contributed by atoms with Crippen LogP contribution in [0.5, 0.6) is 0 Å². The Balaban J connectivity index is 3.63. The molecule has 0 aliphatic heterocycles. The molecule has 0 aliphatic carbocycles. The van der Waals surface area contributed by atoms with Gasteiger partial charge in [0, 0.05) is 19.6 Å². The van der Waals surface area contributed by atoms with Crippen LogP contribution in [0.4, 0.5) is 0 Å². The van der Waals surface area contributed by atoms with Crippen LogP contribution >= 0.6 is 0 Å². The summed E-state index contributed by atoms with van der Waals surface area (Å²) in [5.74, 6) is -0.898. The van der Waals surface area contributed by atoms with Gasteiger partial charge in [-0.1, -0.05) is 0 Å². The maximum atomic E-state index is 11.4. The fourth-order valence-electron chi connectivity index (χ4n) is 1.26. The molecule has 0 aromatic rings. The van der Waals surface area contributed by atoms with Crippen LogP contribution in [0.2, 0.25) is 0 Å². The standard InChI is InChI=1S/C13H25NO4/c1-10(2)18-9-5-6-11(15)14-8-7-13(3,4)12(16)17/h10H,5-9H2,1-4H3,(H,14,15)(H,16,17). The molecule has 2 N–H and O–H groups in total. The number of rotatable bonds is 9. The Hall–Kier alpha value is -1.10. The summed E-state index contributed by atoms with van der Waals surface area (Å²) in [5, 5.41) is 11.6. The van der Waals surface area contributed by atoms with Crippen molar-refractivity contribution in [2.24, 2.45) is 5.41 Å². The van der Waals surface area contributed by atoms with E-state index >= 15 is 0 Å². The zero-order valence-corrected chi connectivity index (χ0v) is 11.8. The van der Waals surface area contributed by atoms with Gasteiger partial charge in [0.2, 0.25) is 5.91 Å². The van der Waals surface area contributed by atoms with Crippen molar-refractivity contribution in [1.29, 1.82) is 0 Å². The molecule has 0 radical (unpaired) electrons. The quantitative estimate of drug-likeness (QED) is 0.619. The van der Waals surface area contributed by atoms with E-state index in [1.807, 2.05) is 13.8 Å². The van der Waals surface area contributed by atoms with Crippen LogP contribution in [-0.2, 0) is 14.3 Å². The molecular weight excluding hydrogens is 234 g/mol. The average Bonchev–Trinajstić information content (AvgIpc) is 2.23. The predicted octanol–water partition coefficient (Wildman–Crippen LogP) is 1.81. The highest BCUT2D eigenvalue weighted by molar-refractivity contribution is 5.76. The molecule has 0 saturated heterocycles. The molecule has 106 valence electrons. The third-order valence-corrected chi connectivity index (χ3v) is 2.65. The maximum Gasteiger partial charge on any atom is 0.309 e. The average molecular weight is 259 g/mol. The highest BCUT2D eigenvalue weighted by Crippen LogP contribution is 2.19. The molecule has 5 heteroatoms. The molecule has 0 spiro atoms. The van der Waals surface area contributed by atoms with Gasteiger partial charge in [-0.3, -0.25) is 9.59 Å². The number of aliphatic carboxylic acids is 1. The van der Waals surface area contributed by atoms with Crippen molar-refractivity contribution in [3.63, 3.8) is 0 Å². The van der Waals surface area contributed by atoms with E-state index in [9.17, 15) is 9.59 Å². The van der Waals surface area contributed by atoms with Gasteiger partial charge in [-0.2, -0.15) is 0 Å². The van der Waals surface area contributed by atoms with Crippen LogP contribution in [0.3, 0.4) is 0 Å². The van der Waals surface area contributed by atoms with E-state index in [0.29, 0.717) is 32.4 Å². The first-order chi connectivity index (χ1) is 8.25. The van der Waals surface area contributed by atoms with E-state index in [1.165, 1.54) is 0 Å². The minimum Gasteiger partial charge on any atom is -0.481 e. The molecule has 0 rings (SSSR count). The Morgan fingerprint density at radius 2 is 1.94 bits per heavy atom. The summed E-state index contributed by atoms with van der Waals surface area (Å²) in [6.07, 6.45) is 1.72. The summed E-state index contributed by atoms with van der Waals surface area (Å²) in [7, 11) is 0. The first-order valence-corrected chi connectivity index (χ1v) is 6.37. The number of ether oxygens (including phenoxy) is 1. The fourth-order valence-corrected chi connectivity index (χ4v) is 1.26. The first kappa shape index (κ1) is 16.9. The third kappa shape index (κ3) is 8.06. The summed E-state index contributed by atoms with van der Waals surface area (Å²) in [6, 6.07) is 0. The van der Waals surface area contributed by atoms with Crippen molar-refractivity contribution in [3.05, 3.63) is 0 Å². The van der Waals surface area contributed by atoms with Crippen molar-refractivity contribution in [3.8, 4) is 0 Å². The number of carboxylic acids is 1. The molecule has 0 aromatic heterocycles. The van der Waals surface area contributed by atoms with Crippen molar-refractivity contribution in [1.82, 2.24) is 5.32 Å². The fraction of sp³-hybridized carbons (Fsp3) is 0.846. The lowest BCUT2D eigenvalue weighted by Gasteiger charge is -2.18. The minimum atomic E-state index is -0.845. The Labute approximate surface area is 109 Å². The van der Waals surface area contributed by atoms with Gasteiger partial charge in [0.25, 0.3) is 0 Å². The molecule has 0 unspecified atom stereocenters. The van der Waals surface area contributed by atoms with Gasteiger partial charge in [0.15, 0.2) is 0 Å². The molecule has 0 aromatic carbocycles. The predicted molar refractivity (Wildman–Crippen MR) is 69.4 cm³/mol. The zero-order valence-electron chi connectivity index (χ0n) is 11.8. The SMILES string of the molecule is CC(C)OCCCC(=O)NCCC(C)(C)C(=O)O. The number of carbonyl (C=O) groups excluding carboxylic acids is 1. The first-order valence-electron chi connectivity index (χ1n) is 6.37. The molecule has 0 saturated carbocycles. The Bertz CT molecular complexity index is 274. The Morgan fingerprint density at radius 1 is 1.33 bits per heavy atom. The van der Waals surface area contributed by atoms with Crippen LogP contribution in [0.15, 0.2) is 0 Å². The summed E-state index contributed by atoms with van der Waals surface area (Å²) >= 11 is 0. The Kier molecular flexibility index (Phi) is 7.59. The van der Waals surface area contributed by atoms with E-state index in [0.717, 1.165) is 0 Å². The zero-order chi connectivity index (χ0) is 14.2. The van der Waals surface area contributed by atoms with Crippen molar-refractivity contribution in [2.75, 3.05) is 13.2 Å². The van der Waals surface area contributed by atoms with E-state index in [1.54, 1.807) is 13.8 Å². The number of carboxylic acid groups (broad SMARTS) is 1. The summed E-state index contributed by atoms with van der Waals surface area (Å²) in [5.41, 5.74) is -0.798. The summed E-state index contributed by atoms with van der Waals surface area (Å²) in [4.78, 5) is 22.3. The molecule has 0 heterocycles. The van der Waals surface area contributed by atoms with E-state index in [2.05, 4.69) is 5.32 Å². The highest BCUT2D eigenvalue weighted by Gasteiger charge is 2.26. The third-order valence-electron chi connectivity index (χ3n) is 2.65. The van der Waals surface area contributed by atoms with Gasteiger partial charge < -0.3 is 15.2 Å². The second-order valence-corrected chi connectivity index (χ2v) is 5.31. The topological polar surface area (TPSA) is 75.6 Å². The van der Waals surface area contributed by atoms with Crippen LogP contribution in [0.1, 0.15) is 47.0 Å². The molecule has 0 atom stereocenters. The van der Waals surface area contributed by atoms with Crippen LogP contribution < -0.4 is 5.32 Å². The highest BCUT2D eigenvalue weighted by atomic mass is 16.5. The minimum absolute atomic E-state index is 0.0523. The van der Waals surface area contributed by atoms with Gasteiger partial charge in [-0.25, -0.2) is 0 Å². The van der Waals surface area contributed by atoms with Gasteiger partial charge in [-0.15, -0.1) is 0 Å². The second-order valence-electron chi connectivity index (χ2n) is 5.31. The number of hydrogen-bond donors (Lipinski definition) is 2. The smallest absolute Gasteiger partial charge is 0.309 e. The van der Waals surface area contributed by atoms with E-state index < -0.39 is 11.4 Å². The molecule has 0 fully saturated rings. The van der Waals surface area contributed by atoms with Gasteiger partial charge in [0.05, 0.1) is 11.5 Å². The molecule has 1 amide bonds. The maximum absolute atomic E-state index is 11.4. The van der Waals surface area contributed by atoms with Crippen LogP contribution in [-0.4, -0.2) is 36.2 Å². The molecule has 18 heavy (non-hydrogen) atoms. The summed E-state index contributed by atoms with van der Waals surface area (Å²) in [6.45, 7) is 8.17. The lowest BCUT2D eigenvalue weighted by Crippen LogP contribution is -2.31. The number of nitrogens with one attached hydrogen (secondary N) is 1. The second kappa shape index (κ2) is 8.08. The molecule has 5 nitrogen and oxygen atoms in total. The van der Waals surface area contributed by atoms with Gasteiger partial charge >= 0.3 is 5.97 Å². The largest absolute Gasteiger partial charge is 0.481 e. The van der Waals surface area contributed by atoms with Crippen LogP contribution in [0, 0.1) is 5.41 Å². The lowest BCUT2D eigenvalue weighted by molar-refractivity contribution is -0.147. The van der Waals surface area contributed by atoms with Crippen molar-refractivity contribution >= 4 is 11.9 Å². The van der Waals surface area contributed by atoms with E-state index in [-0.39, 0.29) is 12.0 Å². The molecular formula is C13H25NO4. The van der Waals surface area contributed by atoms with Crippen LogP contribution in [0.25, 0.3) is 0 Å². The van der Waals surface area contributed by atoms with Crippen molar-refractivity contribution < 1.29 is 19.4 Å². The number of amides is 1. The Morgan fingerprint density at radius 3 is 2.44 bits per heavy atom. The number of carbonyl (C=O) groups is 2. The normalized spacial score (nSPS) is 11.6. The van der Waals surface area contributed by atoms with E-state index in [4.69, 9.17) is 9.84 Å². The van der Waals surface area contributed by atoms with Gasteiger partial charge in [-0.05, 0) is 40.5 Å². The monoisotopic (exact) mass is 259 g/mol. The lowest BCUT2D eigenvalue weighted by atomic mass is 9.90. The van der Waals surface area contributed by atoms with Crippen molar-refractivity contribution in [2.45, 2.75) is 53.1 Å². The summed E-state index contributed by atoms with van der Waals surface area (Å²) < 4.78 is 5.32.